The third kappa shape index (κ3) is 5.57. The lowest BCUT2D eigenvalue weighted by atomic mass is 10.3. The summed E-state index contributed by atoms with van der Waals surface area (Å²) in [6.07, 6.45) is 1.28. The fourth-order valence-corrected chi connectivity index (χ4v) is 0.441. The van der Waals surface area contributed by atoms with Crippen molar-refractivity contribution in [2.24, 2.45) is 0 Å². The second kappa shape index (κ2) is 5.88. The van der Waals surface area contributed by atoms with Gasteiger partial charge in [-0.1, -0.05) is 0 Å². The van der Waals surface area contributed by atoms with Gasteiger partial charge in [-0.15, -0.1) is 0 Å². The van der Waals surface area contributed by atoms with Gasteiger partial charge in [-0.3, -0.25) is 0 Å². The Morgan fingerprint density at radius 3 is 2.82 bits per heavy atom. The Hall–Kier alpha value is -0.870. The molecule has 0 bridgehead atoms. The van der Waals surface area contributed by atoms with Crippen molar-refractivity contribution >= 4 is 5.97 Å². The summed E-state index contributed by atoms with van der Waals surface area (Å²) in [5.74, 6) is -0.514. The molecule has 0 aliphatic carbocycles. The molecular formula is C7H12O4. The molecule has 0 heterocycles. The van der Waals surface area contributed by atoms with Crippen LogP contribution in [-0.4, -0.2) is 35.5 Å². The smallest absolute Gasteiger partial charge is 0.330 e. The van der Waals surface area contributed by atoms with Crippen molar-refractivity contribution in [3.05, 3.63) is 12.2 Å². The fraction of sp³-hybridized carbons (Fsp3) is 0.571. The van der Waals surface area contributed by atoms with E-state index in [9.17, 15) is 4.79 Å². The predicted octanol–water partition coefficient (Wildman–Crippen LogP) is -0.541. The lowest BCUT2D eigenvalue weighted by Gasteiger charge is -1.98. The van der Waals surface area contributed by atoms with E-state index in [1.165, 1.54) is 6.08 Å². The van der Waals surface area contributed by atoms with Gasteiger partial charge in [0.2, 0.25) is 0 Å². The van der Waals surface area contributed by atoms with Crippen molar-refractivity contribution in [2.75, 3.05) is 13.2 Å². The summed E-state index contributed by atoms with van der Waals surface area (Å²) >= 11 is 0. The summed E-state index contributed by atoms with van der Waals surface area (Å²) in [4.78, 5) is 10.6. The minimum atomic E-state index is -0.987. The van der Waals surface area contributed by atoms with E-state index in [0.29, 0.717) is 6.61 Å². The molecule has 0 aliphatic heterocycles. The summed E-state index contributed by atoms with van der Waals surface area (Å²) in [5.41, 5.74) is 0. The van der Waals surface area contributed by atoms with Gasteiger partial charge < -0.3 is 14.9 Å². The number of hydrogen-bond donors (Lipinski definition) is 2. The largest absolute Gasteiger partial charge is 0.463 e. The number of aliphatic hydroxyl groups is 2. The van der Waals surface area contributed by atoms with E-state index >= 15 is 0 Å². The molecule has 0 rings (SSSR count). The molecule has 0 radical (unpaired) electrons. The first-order valence-electron chi connectivity index (χ1n) is 3.34. The van der Waals surface area contributed by atoms with Gasteiger partial charge in [0.15, 0.2) is 0 Å². The van der Waals surface area contributed by atoms with Gasteiger partial charge in [0.25, 0.3) is 0 Å². The molecule has 0 aromatic heterocycles. The summed E-state index contributed by atoms with van der Waals surface area (Å²) in [6.45, 7) is 1.60. The first-order valence-corrected chi connectivity index (χ1v) is 3.34. The van der Waals surface area contributed by atoms with Crippen LogP contribution < -0.4 is 0 Å². The van der Waals surface area contributed by atoms with Crippen molar-refractivity contribution in [3.63, 3.8) is 0 Å². The molecule has 0 aliphatic rings. The van der Waals surface area contributed by atoms with E-state index in [2.05, 4.69) is 4.74 Å². The minimum absolute atomic E-state index is 0.304. The molecule has 4 heteroatoms. The molecule has 0 amide bonds. The average Bonchev–Trinajstić information content (AvgIpc) is 2.01. The van der Waals surface area contributed by atoms with Crippen molar-refractivity contribution < 1.29 is 19.7 Å². The number of carbonyl (C=O) groups is 1. The summed E-state index contributed by atoms with van der Waals surface area (Å²) < 4.78 is 4.52. The van der Waals surface area contributed by atoms with Crippen LogP contribution in [0.2, 0.25) is 0 Å². The number of carbonyl (C=O) groups excluding carboxylic acids is 1. The zero-order chi connectivity index (χ0) is 8.69. The number of esters is 1. The Kier molecular flexibility index (Phi) is 5.42. The molecule has 0 saturated carbocycles. The van der Waals surface area contributed by atoms with Gasteiger partial charge in [0, 0.05) is 6.08 Å². The monoisotopic (exact) mass is 160 g/mol. The van der Waals surface area contributed by atoms with Crippen LogP contribution in [0.15, 0.2) is 12.2 Å². The lowest BCUT2D eigenvalue weighted by Crippen LogP contribution is -2.09. The third-order valence-corrected chi connectivity index (χ3v) is 0.928. The molecular weight excluding hydrogens is 148 g/mol. The van der Waals surface area contributed by atoms with Gasteiger partial charge in [-0.2, -0.15) is 0 Å². The number of aliphatic hydroxyl groups excluding tert-OH is 2. The van der Waals surface area contributed by atoms with E-state index in [0.717, 1.165) is 6.08 Å². The molecule has 0 aromatic rings. The normalized spacial score (nSPS) is 13.4. The maximum atomic E-state index is 10.6. The van der Waals surface area contributed by atoms with Crippen LogP contribution in [0.25, 0.3) is 0 Å². The Balaban J connectivity index is 3.63. The van der Waals surface area contributed by atoms with Crippen LogP contribution in [-0.2, 0) is 9.53 Å². The molecule has 2 N–H and O–H groups in total. The SMILES string of the molecule is CCOC(=O)/C=C/C(O)CO. The highest BCUT2D eigenvalue weighted by molar-refractivity contribution is 5.81. The van der Waals surface area contributed by atoms with Crippen LogP contribution in [0.4, 0.5) is 0 Å². The van der Waals surface area contributed by atoms with Gasteiger partial charge in [-0.25, -0.2) is 4.79 Å². The maximum absolute atomic E-state index is 10.6. The zero-order valence-corrected chi connectivity index (χ0v) is 6.36. The highest BCUT2D eigenvalue weighted by Gasteiger charge is 1.97. The molecule has 0 saturated heterocycles. The first-order chi connectivity index (χ1) is 5.20. The Bertz CT molecular complexity index is 141. The van der Waals surface area contributed by atoms with Crippen LogP contribution in [0, 0.1) is 0 Å². The van der Waals surface area contributed by atoms with Crippen molar-refractivity contribution in [1.29, 1.82) is 0 Å². The second-order valence-corrected chi connectivity index (χ2v) is 1.86. The number of hydrogen-bond acceptors (Lipinski definition) is 4. The zero-order valence-electron chi connectivity index (χ0n) is 6.36. The van der Waals surface area contributed by atoms with Gasteiger partial charge >= 0.3 is 5.97 Å². The highest BCUT2D eigenvalue weighted by atomic mass is 16.5. The highest BCUT2D eigenvalue weighted by Crippen LogP contribution is 1.86. The molecule has 1 unspecified atom stereocenters. The van der Waals surface area contributed by atoms with Gasteiger partial charge in [-0.05, 0) is 13.0 Å². The van der Waals surface area contributed by atoms with Crippen molar-refractivity contribution in [3.8, 4) is 0 Å². The van der Waals surface area contributed by atoms with Gasteiger partial charge in [0.05, 0.1) is 19.3 Å². The molecule has 0 spiro atoms. The van der Waals surface area contributed by atoms with Gasteiger partial charge in [0.1, 0.15) is 0 Å². The summed E-state index contributed by atoms with van der Waals surface area (Å²) in [5, 5.41) is 17.1. The predicted molar refractivity (Wildman–Crippen MR) is 38.9 cm³/mol. The van der Waals surface area contributed by atoms with Crippen LogP contribution in [0.5, 0.6) is 0 Å². The molecule has 11 heavy (non-hydrogen) atoms. The van der Waals surface area contributed by atoms with Crippen molar-refractivity contribution in [1.82, 2.24) is 0 Å². The van der Waals surface area contributed by atoms with Crippen LogP contribution >= 0.6 is 0 Å². The number of rotatable bonds is 4. The van der Waals surface area contributed by atoms with E-state index in [1.807, 2.05) is 0 Å². The topological polar surface area (TPSA) is 66.8 Å². The average molecular weight is 160 g/mol. The molecule has 4 nitrogen and oxygen atoms in total. The summed E-state index contributed by atoms with van der Waals surface area (Å²) in [7, 11) is 0. The van der Waals surface area contributed by atoms with E-state index in [4.69, 9.17) is 10.2 Å². The van der Waals surface area contributed by atoms with E-state index in [-0.39, 0.29) is 0 Å². The Labute approximate surface area is 65.1 Å². The van der Waals surface area contributed by atoms with E-state index in [1.54, 1.807) is 6.92 Å². The molecule has 1 atom stereocenters. The Morgan fingerprint density at radius 2 is 2.36 bits per heavy atom. The quantitative estimate of drug-likeness (QED) is 0.428. The maximum Gasteiger partial charge on any atom is 0.330 e. The molecule has 0 aromatic carbocycles. The lowest BCUT2D eigenvalue weighted by molar-refractivity contribution is -0.137. The summed E-state index contributed by atoms with van der Waals surface area (Å²) in [6, 6.07) is 0. The Morgan fingerprint density at radius 1 is 1.73 bits per heavy atom. The number of ether oxygens (including phenoxy) is 1. The third-order valence-electron chi connectivity index (χ3n) is 0.928. The second-order valence-electron chi connectivity index (χ2n) is 1.86. The standard InChI is InChI=1S/C7H12O4/c1-2-11-7(10)4-3-6(9)5-8/h3-4,6,8-9H,2,5H2,1H3/b4-3+. The van der Waals surface area contributed by atoms with Crippen LogP contribution in [0.3, 0.4) is 0 Å². The first kappa shape index (κ1) is 10.1. The molecule has 64 valence electrons. The van der Waals surface area contributed by atoms with E-state index < -0.39 is 18.7 Å². The molecule has 0 fully saturated rings. The minimum Gasteiger partial charge on any atom is -0.463 e. The van der Waals surface area contributed by atoms with Crippen molar-refractivity contribution in [2.45, 2.75) is 13.0 Å². The van der Waals surface area contributed by atoms with Crippen LogP contribution in [0.1, 0.15) is 6.92 Å². The fourth-order valence-electron chi connectivity index (χ4n) is 0.441.